The van der Waals surface area contributed by atoms with Crippen LogP contribution in [0, 0.1) is 23.7 Å². The molecule has 2 fully saturated rings. The zero-order valence-corrected chi connectivity index (χ0v) is 25.0. The summed E-state index contributed by atoms with van der Waals surface area (Å²) in [6.07, 6.45) is 5.38. The van der Waals surface area contributed by atoms with Gasteiger partial charge in [-0.2, -0.15) is 0 Å². The van der Waals surface area contributed by atoms with E-state index in [0.717, 1.165) is 19.3 Å². The number of aliphatic hydroxyl groups is 1. The van der Waals surface area contributed by atoms with E-state index in [0.29, 0.717) is 12.5 Å². The third-order valence-electron chi connectivity index (χ3n) is 8.19. The Morgan fingerprint density at radius 3 is 2.55 bits per heavy atom. The average molecular weight is 585 g/mol. The number of methoxy groups -OCH3 is 1. The fourth-order valence-corrected chi connectivity index (χ4v) is 6.11. The first-order valence-electron chi connectivity index (χ1n) is 14.9. The lowest BCUT2D eigenvalue weighted by atomic mass is 9.75. The highest BCUT2D eigenvalue weighted by Crippen LogP contribution is 2.40. The van der Waals surface area contributed by atoms with Crippen molar-refractivity contribution in [3.05, 3.63) is 53.9 Å². The van der Waals surface area contributed by atoms with Crippen molar-refractivity contribution in [2.45, 2.75) is 71.3 Å². The Hall–Kier alpha value is -3.21. The SMILES string of the molecule is COc1ccnc(C(=O)N[C@H]2COC[C@H](Cc3ccccc3)[C@@H](C3CCCC3)[C@H](C)OC2O)c1OCOC(=O)C(C)C. The minimum atomic E-state index is -1.30. The molecule has 230 valence electrons. The van der Waals surface area contributed by atoms with E-state index < -0.39 is 31.0 Å². The van der Waals surface area contributed by atoms with E-state index in [-0.39, 0.29) is 47.7 Å². The highest BCUT2D eigenvalue weighted by Gasteiger charge is 2.39. The Morgan fingerprint density at radius 1 is 1.12 bits per heavy atom. The van der Waals surface area contributed by atoms with Crippen molar-refractivity contribution in [1.82, 2.24) is 10.3 Å². The predicted molar refractivity (Wildman–Crippen MR) is 155 cm³/mol. The van der Waals surface area contributed by atoms with Crippen molar-refractivity contribution >= 4 is 11.9 Å². The number of pyridine rings is 1. The summed E-state index contributed by atoms with van der Waals surface area (Å²) in [7, 11) is 1.43. The van der Waals surface area contributed by atoms with Crippen LogP contribution in [0.25, 0.3) is 0 Å². The second-order valence-corrected chi connectivity index (χ2v) is 11.5. The largest absolute Gasteiger partial charge is 0.493 e. The predicted octanol–water partition coefficient (Wildman–Crippen LogP) is 4.14. The number of hydrogen-bond donors (Lipinski definition) is 2. The molecule has 0 bridgehead atoms. The number of rotatable bonds is 10. The van der Waals surface area contributed by atoms with Crippen LogP contribution in [0.5, 0.6) is 11.5 Å². The average Bonchev–Trinajstić information content (AvgIpc) is 3.51. The summed E-state index contributed by atoms with van der Waals surface area (Å²) in [5, 5.41) is 14.0. The minimum absolute atomic E-state index is 0.0195. The molecular weight excluding hydrogens is 540 g/mol. The Morgan fingerprint density at radius 2 is 1.86 bits per heavy atom. The molecule has 1 aromatic carbocycles. The molecule has 0 radical (unpaired) electrons. The summed E-state index contributed by atoms with van der Waals surface area (Å²) in [5.41, 5.74) is 1.16. The fraction of sp³-hybridized carbons (Fsp3) is 0.594. The molecule has 0 spiro atoms. The molecule has 2 N–H and O–H groups in total. The first-order chi connectivity index (χ1) is 20.3. The van der Waals surface area contributed by atoms with E-state index in [4.69, 9.17) is 23.7 Å². The van der Waals surface area contributed by atoms with E-state index in [9.17, 15) is 14.7 Å². The van der Waals surface area contributed by atoms with Crippen molar-refractivity contribution in [1.29, 1.82) is 0 Å². The number of ether oxygens (including phenoxy) is 5. The van der Waals surface area contributed by atoms with Gasteiger partial charge in [-0.3, -0.25) is 9.59 Å². The van der Waals surface area contributed by atoms with Crippen LogP contribution in [-0.2, 0) is 25.4 Å². The maximum Gasteiger partial charge on any atom is 0.311 e. The van der Waals surface area contributed by atoms with E-state index in [1.807, 2.05) is 25.1 Å². The van der Waals surface area contributed by atoms with Crippen molar-refractivity contribution in [3.63, 3.8) is 0 Å². The summed E-state index contributed by atoms with van der Waals surface area (Å²) in [4.78, 5) is 29.5. The van der Waals surface area contributed by atoms with Crippen LogP contribution in [-0.4, -0.2) is 67.5 Å². The maximum absolute atomic E-state index is 13.5. The van der Waals surface area contributed by atoms with Gasteiger partial charge in [0.2, 0.25) is 6.79 Å². The van der Waals surface area contributed by atoms with E-state index in [1.54, 1.807) is 13.8 Å². The van der Waals surface area contributed by atoms with Crippen LogP contribution < -0.4 is 14.8 Å². The van der Waals surface area contributed by atoms with Gasteiger partial charge >= 0.3 is 5.97 Å². The molecule has 4 rings (SSSR count). The number of nitrogens with one attached hydrogen (secondary N) is 1. The summed E-state index contributed by atoms with van der Waals surface area (Å²) >= 11 is 0. The zero-order valence-electron chi connectivity index (χ0n) is 25.0. The first-order valence-corrected chi connectivity index (χ1v) is 14.9. The van der Waals surface area contributed by atoms with Gasteiger partial charge in [-0.15, -0.1) is 0 Å². The number of carbonyl (C=O) groups is 2. The van der Waals surface area contributed by atoms with Gasteiger partial charge in [-0.05, 0) is 36.7 Å². The van der Waals surface area contributed by atoms with Gasteiger partial charge in [0.1, 0.15) is 6.04 Å². The van der Waals surface area contributed by atoms with Gasteiger partial charge in [0.15, 0.2) is 23.5 Å². The molecule has 1 unspecified atom stereocenters. The lowest BCUT2D eigenvalue weighted by Crippen LogP contribution is -2.49. The number of nitrogens with zero attached hydrogens (tertiary/aromatic N) is 1. The summed E-state index contributed by atoms with van der Waals surface area (Å²) in [6.45, 7) is 5.55. The zero-order chi connectivity index (χ0) is 30.1. The number of carbonyl (C=O) groups excluding carboxylic acids is 2. The van der Waals surface area contributed by atoms with Gasteiger partial charge in [0, 0.05) is 12.3 Å². The Balaban J connectivity index is 1.50. The Kier molecular flexibility index (Phi) is 11.6. The molecule has 2 aromatic rings. The van der Waals surface area contributed by atoms with Crippen LogP contribution in [0.4, 0.5) is 0 Å². The van der Waals surface area contributed by atoms with Crippen LogP contribution in [0.1, 0.15) is 62.5 Å². The Labute approximate surface area is 248 Å². The molecule has 2 aliphatic rings. The molecule has 10 heteroatoms. The van der Waals surface area contributed by atoms with E-state index in [2.05, 4.69) is 22.4 Å². The molecule has 1 saturated carbocycles. The number of aliphatic hydroxyl groups excluding tert-OH is 1. The molecular formula is C32H44N2O8. The summed E-state index contributed by atoms with van der Waals surface area (Å²) in [6, 6.07) is 11.0. The van der Waals surface area contributed by atoms with Gasteiger partial charge in [0.25, 0.3) is 5.91 Å². The third kappa shape index (κ3) is 8.20. The maximum atomic E-state index is 13.5. The Bertz CT molecular complexity index is 1150. The highest BCUT2D eigenvalue weighted by atomic mass is 16.7. The van der Waals surface area contributed by atoms with Crippen molar-refractivity contribution in [2.75, 3.05) is 27.1 Å². The molecule has 10 nitrogen and oxygen atoms in total. The minimum Gasteiger partial charge on any atom is -0.493 e. The summed E-state index contributed by atoms with van der Waals surface area (Å²) in [5.74, 6) is -0.244. The number of hydrogen-bond acceptors (Lipinski definition) is 9. The number of benzene rings is 1. The second-order valence-electron chi connectivity index (χ2n) is 11.5. The quantitative estimate of drug-likeness (QED) is 0.313. The van der Waals surface area contributed by atoms with E-state index in [1.165, 1.54) is 37.8 Å². The molecule has 1 saturated heterocycles. The smallest absolute Gasteiger partial charge is 0.311 e. The molecule has 5 atom stereocenters. The van der Waals surface area contributed by atoms with Crippen molar-refractivity contribution in [3.8, 4) is 11.5 Å². The van der Waals surface area contributed by atoms with Gasteiger partial charge in [0.05, 0.1) is 32.3 Å². The van der Waals surface area contributed by atoms with Crippen LogP contribution in [0.15, 0.2) is 42.6 Å². The second kappa shape index (κ2) is 15.3. The normalized spacial score (nSPS) is 25.2. The standard InChI is InChI=1S/C32H44N2O8/c1-20(2)31(36)41-19-40-29-26(38-4)14-15-33-28(29)30(35)34-25-18-39-17-24(16-22-10-6-5-7-11-22)27(21(3)42-32(25)37)23-12-8-9-13-23/h5-7,10-11,14-15,20-21,23-25,27,32,37H,8-9,12-13,16-19H2,1-4H3,(H,34,35)/t21-,24-,25-,27+,32?/m0/s1. The van der Waals surface area contributed by atoms with Crippen LogP contribution >= 0.6 is 0 Å². The molecule has 2 heterocycles. The fourth-order valence-electron chi connectivity index (χ4n) is 6.11. The van der Waals surface area contributed by atoms with Gasteiger partial charge < -0.3 is 34.1 Å². The van der Waals surface area contributed by atoms with Gasteiger partial charge in [-0.25, -0.2) is 4.98 Å². The molecule has 1 amide bonds. The molecule has 42 heavy (non-hydrogen) atoms. The summed E-state index contributed by atoms with van der Waals surface area (Å²) < 4.78 is 28.5. The topological polar surface area (TPSA) is 125 Å². The van der Waals surface area contributed by atoms with Crippen LogP contribution in [0.3, 0.4) is 0 Å². The highest BCUT2D eigenvalue weighted by molar-refractivity contribution is 5.96. The van der Waals surface area contributed by atoms with Crippen LogP contribution in [0.2, 0.25) is 0 Å². The molecule has 1 aromatic heterocycles. The van der Waals surface area contributed by atoms with Crippen molar-refractivity contribution < 1.29 is 38.4 Å². The molecule has 1 aliphatic carbocycles. The first kappa shape index (κ1) is 31.7. The van der Waals surface area contributed by atoms with Crippen molar-refractivity contribution in [2.24, 2.45) is 23.7 Å². The van der Waals surface area contributed by atoms with Gasteiger partial charge in [-0.1, -0.05) is 69.9 Å². The lowest BCUT2D eigenvalue weighted by Gasteiger charge is -2.36. The lowest BCUT2D eigenvalue weighted by molar-refractivity contribution is -0.168. The number of amides is 1. The third-order valence-corrected chi connectivity index (χ3v) is 8.19. The number of aromatic nitrogens is 1. The molecule has 1 aliphatic heterocycles. The van der Waals surface area contributed by atoms with E-state index >= 15 is 0 Å². The number of esters is 1. The monoisotopic (exact) mass is 584 g/mol.